The molecule has 0 aliphatic heterocycles. The number of halogens is 2. The summed E-state index contributed by atoms with van der Waals surface area (Å²) >= 11 is 0. The van der Waals surface area contributed by atoms with E-state index in [0.29, 0.717) is 11.3 Å². The fourth-order valence-electron chi connectivity index (χ4n) is 2.02. The Labute approximate surface area is 149 Å². The topological polar surface area (TPSA) is 72.0 Å². The molecule has 8 heteroatoms. The van der Waals surface area contributed by atoms with Crippen LogP contribution in [0.3, 0.4) is 0 Å². The molecule has 0 fully saturated rings. The summed E-state index contributed by atoms with van der Waals surface area (Å²) in [5, 5.41) is 6.95. The van der Waals surface area contributed by atoms with Gasteiger partial charge in [0.15, 0.2) is 0 Å². The molecule has 0 spiro atoms. The number of carbonyl (C=O) groups excluding carboxylic acids is 1. The van der Waals surface area contributed by atoms with E-state index in [1.807, 2.05) is 0 Å². The second kappa shape index (κ2) is 9.36. The van der Waals surface area contributed by atoms with Crippen molar-refractivity contribution in [2.75, 3.05) is 19.0 Å². The average Bonchev–Trinajstić information content (AvgIpc) is 2.65. The first kappa shape index (κ1) is 19.2. The van der Waals surface area contributed by atoms with Crippen LogP contribution < -0.4 is 20.2 Å². The number of methoxy groups -OCH3 is 1. The summed E-state index contributed by atoms with van der Waals surface area (Å²) in [6.07, 6.45) is 0. The van der Waals surface area contributed by atoms with Crippen molar-refractivity contribution in [3.8, 4) is 11.5 Å². The van der Waals surface area contributed by atoms with Gasteiger partial charge in [0.1, 0.15) is 11.5 Å². The first-order valence-electron chi connectivity index (χ1n) is 7.74. The predicted octanol–water partition coefficient (Wildman–Crippen LogP) is 3.25. The van der Waals surface area contributed by atoms with E-state index in [0.717, 1.165) is 11.4 Å². The van der Waals surface area contributed by atoms with Crippen LogP contribution in [0.15, 0.2) is 53.6 Å². The molecular weight excluding hydrogens is 344 g/mol. The maximum Gasteiger partial charge on any atom is 0.387 e. The highest BCUT2D eigenvalue weighted by Crippen LogP contribution is 2.16. The molecule has 2 aromatic rings. The lowest BCUT2D eigenvalue weighted by atomic mass is 10.1. The predicted molar refractivity (Wildman–Crippen MR) is 94.9 cm³/mol. The number of anilines is 1. The minimum Gasteiger partial charge on any atom is -0.497 e. The van der Waals surface area contributed by atoms with Gasteiger partial charge in [0.25, 0.3) is 5.91 Å². The lowest BCUT2D eigenvalue weighted by Crippen LogP contribution is -2.26. The summed E-state index contributed by atoms with van der Waals surface area (Å²) in [5.74, 6) is 0.465. The van der Waals surface area contributed by atoms with Gasteiger partial charge in [-0.25, -0.2) is 5.43 Å². The number of hydrogen-bond donors (Lipinski definition) is 2. The first-order chi connectivity index (χ1) is 12.5. The van der Waals surface area contributed by atoms with Gasteiger partial charge in [0.05, 0.1) is 19.4 Å². The maximum absolute atomic E-state index is 12.1. The number of nitrogens with zero attached hydrogens (tertiary/aromatic N) is 1. The Hall–Kier alpha value is -3.16. The third-order valence-electron chi connectivity index (χ3n) is 3.39. The zero-order valence-electron chi connectivity index (χ0n) is 14.3. The second-order valence-corrected chi connectivity index (χ2v) is 5.22. The van der Waals surface area contributed by atoms with Crippen molar-refractivity contribution in [2.45, 2.75) is 13.5 Å². The summed E-state index contributed by atoms with van der Waals surface area (Å²) in [5.41, 5.74) is 4.42. The third-order valence-corrected chi connectivity index (χ3v) is 3.39. The van der Waals surface area contributed by atoms with Crippen LogP contribution in [0.2, 0.25) is 0 Å². The highest BCUT2D eigenvalue weighted by molar-refractivity contribution is 5.99. The van der Waals surface area contributed by atoms with E-state index in [-0.39, 0.29) is 18.2 Å². The van der Waals surface area contributed by atoms with Gasteiger partial charge in [-0.05, 0) is 61.0 Å². The summed E-state index contributed by atoms with van der Waals surface area (Å²) in [4.78, 5) is 11.8. The van der Waals surface area contributed by atoms with E-state index in [1.54, 1.807) is 50.4 Å². The molecule has 0 aromatic heterocycles. The van der Waals surface area contributed by atoms with Gasteiger partial charge in [-0.1, -0.05) is 0 Å². The Morgan fingerprint density at radius 3 is 2.27 bits per heavy atom. The van der Waals surface area contributed by atoms with Crippen LogP contribution >= 0.6 is 0 Å². The molecule has 138 valence electrons. The molecule has 0 aliphatic rings. The Morgan fingerprint density at radius 1 is 1.08 bits per heavy atom. The Morgan fingerprint density at radius 2 is 1.69 bits per heavy atom. The highest BCUT2D eigenvalue weighted by Gasteiger charge is 2.05. The van der Waals surface area contributed by atoms with Crippen molar-refractivity contribution in [1.29, 1.82) is 0 Å². The summed E-state index contributed by atoms with van der Waals surface area (Å²) in [6.45, 7) is -1.13. The molecule has 1 amide bonds. The Bertz CT molecular complexity index is 747. The van der Waals surface area contributed by atoms with Crippen molar-refractivity contribution in [3.63, 3.8) is 0 Å². The minimum absolute atomic E-state index is 0.0459. The van der Waals surface area contributed by atoms with E-state index in [9.17, 15) is 13.6 Å². The van der Waals surface area contributed by atoms with Crippen LogP contribution in [0, 0.1) is 0 Å². The standard InChI is InChI=1S/C18H19F2N3O3/c1-12(13-3-7-16(8-4-13)26-18(19)20)22-23-17(24)11-21-14-5-9-15(25-2)10-6-14/h3-10,18,21H,11H2,1-2H3,(H,23,24)/b22-12+. The van der Waals surface area contributed by atoms with E-state index in [4.69, 9.17) is 4.74 Å². The highest BCUT2D eigenvalue weighted by atomic mass is 19.3. The van der Waals surface area contributed by atoms with Crippen LogP contribution in [0.1, 0.15) is 12.5 Å². The van der Waals surface area contributed by atoms with Gasteiger partial charge in [0.2, 0.25) is 0 Å². The number of rotatable bonds is 8. The molecule has 0 unspecified atom stereocenters. The zero-order valence-corrected chi connectivity index (χ0v) is 14.3. The van der Waals surface area contributed by atoms with Gasteiger partial charge in [0, 0.05) is 5.69 Å². The molecule has 0 bridgehead atoms. The van der Waals surface area contributed by atoms with Crippen molar-refractivity contribution in [2.24, 2.45) is 5.10 Å². The molecule has 0 heterocycles. The molecule has 0 saturated heterocycles. The van der Waals surface area contributed by atoms with Crippen LogP contribution in [0.4, 0.5) is 14.5 Å². The summed E-state index contributed by atoms with van der Waals surface area (Å²) in [7, 11) is 1.58. The van der Waals surface area contributed by atoms with Gasteiger partial charge in [-0.3, -0.25) is 4.79 Å². The van der Waals surface area contributed by atoms with Crippen LogP contribution in [-0.4, -0.2) is 31.9 Å². The normalized spacial score (nSPS) is 11.2. The smallest absolute Gasteiger partial charge is 0.387 e. The lowest BCUT2D eigenvalue weighted by molar-refractivity contribution is -0.119. The molecule has 0 radical (unpaired) electrons. The molecule has 2 N–H and O–H groups in total. The number of benzene rings is 2. The van der Waals surface area contributed by atoms with Crippen LogP contribution in [0.25, 0.3) is 0 Å². The van der Waals surface area contributed by atoms with E-state index < -0.39 is 6.61 Å². The van der Waals surface area contributed by atoms with E-state index >= 15 is 0 Å². The third kappa shape index (κ3) is 6.04. The second-order valence-electron chi connectivity index (χ2n) is 5.22. The summed E-state index contributed by atoms with van der Waals surface area (Å²) in [6, 6.07) is 13.1. The zero-order chi connectivity index (χ0) is 18.9. The number of carbonyl (C=O) groups is 1. The molecule has 2 aromatic carbocycles. The molecular formula is C18H19F2N3O3. The number of hydrogen-bond acceptors (Lipinski definition) is 5. The van der Waals surface area contributed by atoms with E-state index in [2.05, 4.69) is 20.6 Å². The van der Waals surface area contributed by atoms with E-state index in [1.165, 1.54) is 12.1 Å². The fourth-order valence-corrected chi connectivity index (χ4v) is 2.02. The fraction of sp³-hybridized carbons (Fsp3) is 0.222. The average molecular weight is 363 g/mol. The van der Waals surface area contributed by atoms with Gasteiger partial charge >= 0.3 is 6.61 Å². The number of ether oxygens (including phenoxy) is 2. The number of alkyl halides is 2. The SMILES string of the molecule is COc1ccc(NCC(=O)N/N=C(\C)c2ccc(OC(F)F)cc2)cc1. The number of amides is 1. The largest absolute Gasteiger partial charge is 0.497 e. The molecule has 0 atom stereocenters. The minimum atomic E-state index is -2.87. The maximum atomic E-state index is 12.1. The van der Waals surface area contributed by atoms with Crippen LogP contribution in [0.5, 0.6) is 11.5 Å². The van der Waals surface area contributed by atoms with Crippen molar-refractivity contribution in [1.82, 2.24) is 5.43 Å². The van der Waals surface area contributed by atoms with Crippen molar-refractivity contribution in [3.05, 3.63) is 54.1 Å². The number of nitrogens with one attached hydrogen (secondary N) is 2. The van der Waals surface area contributed by atoms with Gasteiger partial charge in [-0.2, -0.15) is 13.9 Å². The monoisotopic (exact) mass is 363 g/mol. The molecule has 6 nitrogen and oxygen atoms in total. The Kier molecular flexibility index (Phi) is 6.90. The van der Waals surface area contributed by atoms with Gasteiger partial charge in [-0.15, -0.1) is 0 Å². The molecule has 0 aliphatic carbocycles. The molecule has 26 heavy (non-hydrogen) atoms. The van der Waals surface area contributed by atoms with Crippen LogP contribution in [-0.2, 0) is 4.79 Å². The molecule has 0 saturated carbocycles. The first-order valence-corrected chi connectivity index (χ1v) is 7.74. The molecule has 2 rings (SSSR count). The number of hydrazone groups is 1. The summed E-state index contributed by atoms with van der Waals surface area (Å²) < 4.78 is 33.6. The van der Waals surface area contributed by atoms with Crippen molar-refractivity contribution < 1.29 is 23.0 Å². The lowest BCUT2D eigenvalue weighted by Gasteiger charge is -2.08. The Balaban J connectivity index is 1.84. The van der Waals surface area contributed by atoms with Gasteiger partial charge < -0.3 is 14.8 Å². The quantitative estimate of drug-likeness (QED) is 0.558. The van der Waals surface area contributed by atoms with Crippen molar-refractivity contribution >= 4 is 17.3 Å².